The molecule has 0 spiro atoms. The molecule has 1 heterocycles. The molecule has 0 fully saturated rings. The van der Waals surface area contributed by atoms with Crippen LogP contribution in [0.15, 0.2) is 6.20 Å². The van der Waals surface area contributed by atoms with Gasteiger partial charge < -0.3 is 14.1 Å². The van der Waals surface area contributed by atoms with Gasteiger partial charge in [-0.25, -0.2) is 4.98 Å². The van der Waals surface area contributed by atoms with Gasteiger partial charge in [0.05, 0.1) is 25.1 Å². The number of rotatable bonds is 4. The van der Waals surface area contributed by atoms with Crippen molar-refractivity contribution in [3.05, 3.63) is 17.7 Å². The second-order valence-electron chi connectivity index (χ2n) is 6.46. The zero-order chi connectivity index (χ0) is 15.4. The minimum Gasteiger partial charge on any atom is -0.411 e. The number of aliphatic hydroxyl groups excluding tert-OH is 1. The summed E-state index contributed by atoms with van der Waals surface area (Å²) in [4.78, 5) is 4.29. The predicted octanol–water partition coefficient (Wildman–Crippen LogP) is 2.68. The van der Waals surface area contributed by atoms with Gasteiger partial charge in [0.15, 0.2) is 14.1 Å². The second-order valence-corrected chi connectivity index (χ2v) is 11.3. The van der Waals surface area contributed by atoms with Crippen molar-refractivity contribution in [2.24, 2.45) is 7.05 Å². The molecule has 0 radical (unpaired) electrons. The maximum atomic E-state index is 8.72. The van der Waals surface area contributed by atoms with Gasteiger partial charge in [0.25, 0.3) is 0 Å². The Kier molecular flexibility index (Phi) is 5.57. The minimum absolute atomic E-state index is 0.0821. The van der Waals surface area contributed by atoms with E-state index >= 15 is 0 Å². The molecule has 1 aromatic rings. The van der Waals surface area contributed by atoms with Gasteiger partial charge in [0.1, 0.15) is 0 Å². The van der Waals surface area contributed by atoms with Crippen LogP contribution in [0.2, 0.25) is 18.1 Å². The fourth-order valence-corrected chi connectivity index (χ4v) is 2.31. The first-order valence-corrected chi connectivity index (χ1v) is 9.84. The number of hydrogen-bond donors (Lipinski definition) is 1. The molecule has 0 unspecified atom stereocenters. The highest BCUT2D eigenvalue weighted by Crippen LogP contribution is 2.37. The number of aromatic nitrogens is 2. The van der Waals surface area contributed by atoms with Crippen LogP contribution in [0.25, 0.3) is 0 Å². The molecule has 0 bridgehead atoms. The summed E-state index contributed by atoms with van der Waals surface area (Å²) in [5.41, 5.74) is 1.03. The third kappa shape index (κ3) is 4.20. The van der Waals surface area contributed by atoms with Crippen molar-refractivity contribution in [3.8, 4) is 11.8 Å². The van der Waals surface area contributed by atoms with Crippen LogP contribution in [0.1, 0.15) is 38.7 Å². The molecule has 1 aromatic heterocycles. The topological polar surface area (TPSA) is 47.3 Å². The maximum Gasteiger partial charge on any atom is 0.192 e. The summed E-state index contributed by atoms with van der Waals surface area (Å²) in [5, 5.41) is 8.93. The second kappa shape index (κ2) is 6.57. The fourth-order valence-electron chi connectivity index (χ4n) is 1.36. The van der Waals surface area contributed by atoms with Crippen LogP contribution in [0, 0.1) is 11.8 Å². The van der Waals surface area contributed by atoms with Crippen molar-refractivity contribution < 1.29 is 9.53 Å². The number of nitrogens with zero attached hydrogens (tertiary/aromatic N) is 2. The zero-order valence-corrected chi connectivity index (χ0v) is 14.4. The standard InChI is InChI=1S/C15H26N2O2Si/c1-15(2,3)20(5,6)19-12-13-11-16-14(17(13)4)9-7-8-10-18/h11,18H,8,10,12H2,1-6H3. The molecule has 0 atom stereocenters. The van der Waals surface area contributed by atoms with E-state index in [1.165, 1.54) is 0 Å². The lowest BCUT2D eigenvalue weighted by Crippen LogP contribution is -2.40. The van der Waals surface area contributed by atoms with Crippen LogP contribution in [-0.4, -0.2) is 29.6 Å². The first-order chi connectivity index (χ1) is 9.19. The van der Waals surface area contributed by atoms with E-state index < -0.39 is 8.32 Å². The van der Waals surface area contributed by atoms with Crippen molar-refractivity contribution in [2.45, 2.75) is 51.9 Å². The first kappa shape index (κ1) is 17.0. The van der Waals surface area contributed by atoms with Crippen molar-refractivity contribution in [1.82, 2.24) is 9.55 Å². The van der Waals surface area contributed by atoms with E-state index in [1.807, 2.05) is 17.8 Å². The summed E-state index contributed by atoms with van der Waals surface area (Å²) >= 11 is 0. The molecule has 112 valence electrons. The van der Waals surface area contributed by atoms with Gasteiger partial charge in [-0.05, 0) is 24.1 Å². The average molecular weight is 294 g/mol. The van der Waals surface area contributed by atoms with Gasteiger partial charge in [-0.2, -0.15) is 0 Å². The predicted molar refractivity (Wildman–Crippen MR) is 83.8 cm³/mol. The molecule has 1 N–H and O–H groups in total. The van der Waals surface area contributed by atoms with Crippen LogP contribution >= 0.6 is 0 Å². The van der Waals surface area contributed by atoms with Crippen molar-refractivity contribution in [3.63, 3.8) is 0 Å². The molecular weight excluding hydrogens is 268 g/mol. The Morgan fingerprint density at radius 2 is 2.05 bits per heavy atom. The van der Waals surface area contributed by atoms with Gasteiger partial charge in [-0.3, -0.25) is 0 Å². The lowest BCUT2D eigenvalue weighted by molar-refractivity contribution is 0.268. The molecule has 4 nitrogen and oxygen atoms in total. The average Bonchev–Trinajstić information content (AvgIpc) is 2.67. The molecule has 0 saturated heterocycles. The third-order valence-electron chi connectivity index (χ3n) is 3.91. The Morgan fingerprint density at radius 1 is 1.40 bits per heavy atom. The van der Waals surface area contributed by atoms with E-state index in [0.29, 0.717) is 18.9 Å². The summed E-state index contributed by atoms with van der Waals surface area (Å²) in [6.07, 6.45) is 2.29. The molecule has 0 aromatic carbocycles. The van der Waals surface area contributed by atoms with E-state index in [0.717, 1.165) is 5.69 Å². The highest BCUT2D eigenvalue weighted by molar-refractivity contribution is 6.74. The monoisotopic (exact) mass is 294 g/mol. The lowest BCUT2D eigenvalue weighted by atomic mass is 10.2. The lowest BCUT2D eigenvalue weighted by Gasteiger charge is -2.36. The Hall–Kier alpha value is -1.09. The van der Waals surface area contributed by atoms with Crippen LogP contribution in [-0.2, 0) is 18.1 Å². The Balaban J connectivity index is 2.74. The van der Waals surface area contributed by atoms with Crippen LogP contribution in [0.4, 0.5) is 0 Å². The largest absolute Gasteiger partial charge is 0.411 e. The summed E-state index contributed by atoms with van der Waals surface area (Å²) in [6.45, 7) is 11.8. The van der Waals surface area contributed by atoms with Crippen molar-refractivity contribution >= 4 is 8.32 Å². The molecule has 0 aliphatic rings. The molecular formula is C15H26N2O2Si. The Labute approximate surface area is 123 Å². The van der Waals surface area contributed by atoms with Crippen molar-refractivity contribution in [1.29, 1.82) is 0 Å². The first-order valence-electron chi connectivity index (χ1n) is 6.93. The molecule has 1 rings (SSSR count). The Bertz CT molecular complexity index is 504. The highest BCUT2D eigenvalue weighted by atomic mass is 28.4. The molecule has 0 amide bonds. The van der Waals surface area contributed by atoms with Gasteiger partial charge in [0, 0.05) is 13.5 Å². The Morgan fingerprint density at radius 3 is 2.60 bits per heavy atom. The number of aliphatic hydroxyl groups is 1. The van der Waals surface area contributed by atoms with E-state index in [-0.39, 0.29) is 11.6 Å². The summed E-state index contributed by atoms with van der Waals surface area (Å²) in [7, 11) is 0.202. The summed E-state index contributed by atoms with van der Waals surface area (Å²) < 4.78 is 8.15. The van der Waals surface area contributed by atoms with E-state index in [1.54, 1.807) is 0 Å². The molecule has 0 aliphatic heterocycles. The van der Waals surface area contributed by atoms with Gasteiger partial charge in [0.2, 0.25) is 0 Å². The van der Waals surface area contributed by atoms with Crippen LogP contribution < -0.4 is 0 Å². The van der Waals surface area contributed by atoms with E-state index in [2.05, 4.69) is 50.7 Å². The normalized spacial score (nSPS) is 12.2. The van der Waals surface area contributed by atoms with Gasteiger partial charge >= 0.3 is 0 Å². The third-order valence-corrected chi connectivity index (χ3v) is 8.39. The van der Waals surface area contributed by atoms with Gasteiger partial charge in [-0.1, -0.05) is 26.7 Å². The smallest absolute Gasteiger partial charge is 0.192 e. The molecule has 0 saturated carbocycles. The van der Waals surface area contributed by atoms with E-state index in [9.17, 15) is 0 Å². The molecule has 20 heavy (non-hydrogen) atoms. The van der Waals surface area contributed by atoms with Gasteiger partial charge in [-0.15, -0.1) is 0 Å². The SMILES string of the molecule is Cn1c(CO[Si](C)(C)C(C)(C)C)cnc1C#CCCO. The summed E-state index contributed by atoms with van der Waals surface area (Å²) in [6, 6.07) is 0. The maximum absolute atomic E-state index is 8.72. The minimum atomic E-state index is -1.74. The highest BCUT2D eigenvalue weighted by Gasteiger charge is 2.37. The number of hydrogen-bond acceptors (Lipinski definition) is 3. The molecule has 0 aliphatic carbocycles. The van der Waals surface area contributed by atoms with Crippen LogP contribution in [0.5, 0.6) is 0 Å². The zero-order valence-electron chi connectivity index (χ0n) is 13.4. The molecule has 5 heteroatoms. The quantitative estimate of drug-likeness (QED) is 0.686. The van der Waals surface area contributed by atoms with E-state index in [4.69, 9.17) is 9.53 Å². The fraction of sp³-hybridized carbons (Fsp3) is 0.667. The summed E-state index contributed by atoms with van der Waals surface area (Å²) in [5.74, 6) is 6.56. The van der Waals surface area contributed by atoms with Crippen molar-refractivity contribution in [2.75, 3.05) is 6.61 Å². The van der Waals surface area contributed by atoms with Crippen LogP contribution in [0.3, 0.4) is 0 Å². The number of imidazole rings is 1.